The fourth-order valence-electron chi connectivity index (χ4n) is 0.524. The topological polar surface area (TPSA) is 57.9 Å². The number of nitriles is 1. The highest BCUT2D eigenvalue weighted by Crippen LogP contribution is 2.02. The molecule has 0 amide bonds. The third-order valence-electron chi connectivity index (χ3n) is 0.992. The molecular formula is C6H12ClNO2S. The molecule has 0 radical (unpaired) electrons. The lowest BCUT2D eigenvalue weighted by atomic mass is 10.3. The summed E-state index contributed by atoms with van der Waals surface area (Å²) in [4.78, 5) is 0. The van der Waals surface area contributed by atoms with Crippen LogP contribution in [0.1, 0.15) is 26.2 Å². The molecule has 0 rings (SSSR count). The van der Waals surface area contributed by atoms with E-state index in [0.29, 0.717) is 6.42 Å². The Hall–Kier alpha value is -0.270. The number of rotatable bonds is 4. The lowest BCUT2D eigenvalue weighted by molar-refractivity contribution is 0.604. The van der Waals surface area contributed by atoms with Crippen LogP contribution in [0, 0.1) is 11.8 Å². The van der Waals surface area contributed by atoms with Gasteiger partial charge in [-0.1, -0.05) is 19.8 Å². The predicted molar refractivity (Wildman–Crippen MR) is 45.8 cm³/mol. The van der Waals surface area contributed by atoms with Crippen molar-refractivity contribution in [1.29, 1.82) is 5.26 Å². The molecule has 11 heavy (non-hydrogen) atoms. The summed E-state index contributed by atoms with van der Waals surface area (Å²) in [6.45, 7) is 5.51. The van der Waals surface area contributed by atoms with Crippen LogP contribution in [0.3, 0.4) is 0 Å². The monoisotopic (exact) mass is 197 g/mol. The van der Waals surface area contributed by atoms with E-state index in [0.717, 1.165) is 12.8 Å². The van der Waals surface area contributed by atoms with Gasteiger partial charge in [-0.25, -0.2) is 13.7 Å². The Morgan fingerprint density at radius 3 is 2.09 bits per heavy atom. The van der Waals surface area contributed by atoms with Gasteiger partial charge in [0.25, 0.3) is 0 Å². The summed E-state index contributed by atoms with van der Waals surface area (Å²) >= 11 is 0. The molecule has 0 fully saturated rings. The normalized spacial score (nSPS) is 9.82. The summed E-state index contributed by atoms with van der Waals surface area (Å²) in [6.07, 6.45) is 2.64. The molecule has 3 nitrogen and oxygen atoms in total. The van der Waals surface area contributed by atoms with Gasteiger partial charge in [0.1, 0.15) is 0 Å². The van der Waals surface area contributed by atoms with E-state index in [4.69, 9.17) is 15.9 Å². The first-order valence-electron chi connectivity index (χ1n) is 3.24. The lowest BCUT2D eigenvalue weighted by Crippen LogP contribution is -1.95. The van der Waals surface area contributed by atoms with Crippen molar-refractivity contribution in [3.8, 4) is 6.57 Å². The van der Waals surface area contributed by atoms with Crippen molar-refractivity contribution in [3.05, 3.63) is 0 Å². The van der Waals surface area contributed by atoms with Gasteiger partial charge in [-0.2, -0.15) is 0 Å². The fourth-order valence-corrected chi connectivity index (χ4v) is 1.40. The van der Waals surface area contributed by atoms with Crippen molar-refractivity contribution in [2.45, 2.75) is 26.2 Å². The first-order chi connectivity index (χ1) is 5.06. The molecule has 0 aromatic rings. The summed E-state index contributed by atoms with van der Waals surface area (Å²) < 4.78 is 20.5. The number of hydrogen-bond donors (Lipinski definition) is 0. The van der Waals surface area contributed by atoms with Crippen molar-refractivity contribution < 1.29 is 8.42 Å². The SMILES string of the molecule is C#N.CCCCCS(=O)(=O)Cl. The van der Waals surface area contributed by atoms with Crippen LogP contribution in [0.2, 0.25) is 0 Å². The van der Waals surface area contributed by atoms with E-state index >= 15 is 0 Å². The first-order valence-corrected chi connectivity index (χ1v) is 5.72. The second kappa shape index (κ2) is 7.83. The molecule has 5 heteroatoms. The Balaban J connectivity index is 0. The molecule has 0 saturated heterocycles. The lowest BCUT2D eigenvalue weighted by Gasteiger charge is -1.92. The standard InChI is InChI=1S/C5H11ClO2S.CHN/c1-2-3-4-5-9(6,7)8;1-2/h2-5H2,1H3;1H. The van der Waals surface area contributed by atoms with E-state index in [1.807, 2.05) is 6.92 Å². The zero-order valence-electron chi connectivity index (χ0n) is 6.46. The first kappa shape index (κ1) is 13.3. The molecule has 0 aliphatic heterocycles. The predicted octanol–water partition coefficient (Wildman–Crippen LogP) is 1.88. The Morgan fingerprint density at radius 1 is 1.36 bits per heavy atom. The van der Waals surface area contributed by atoms with Gasteiger partial charge in [0.05, 0.1) is 5.75 Å². The Morgan fingerprint density at radius 2 is 1.82 bits per heavy atom. The Kier molecular flexibility index (Phi) is 9.49. The summed E-state index contributed by atoms with van der Waals surface area (Å²) in [7, 11) is 1.72. The summed E-state index contributed by atoms with van der Waals surface area (Å²) in [5, 5.41) is 6.50. The van der Waals surface area contributed by atoms with Crippen LogP contribution in [0.4, 0.5) is 0 Å². The maximum absolute atomic E-state index is 10.3. The fraction of sp³-hybridized carbons (Fsp3) is 0.833. The van der Waals surface area contributed by atoms with E-state index < -0.39 is 9.05 Å². The molecule has 0 bridgehead atoms. The van der Waals surface area contributed by atoms with E-state index in [1.54, 1.807) is 0 Å². The van der Waals surface area contributed by atoms with Crippen molar-refractivity contribution in [2.24, 2.45) is 0 Å². The Bertz CT molecular complexity index is 186. The van der Waals surface area contributed by atoms with Crippen molar-refractivity contribution in [1.82, 2.24) is 0 Å². The molecule has 0 N–H and O–H groups in total. The van der Waals surface area contributed by atoms with Crippen molar-refractivity contribution >= 4 is 19.7 Å². The summed E-state index contributed by atoms with van der Waals surface area (Å²) in [5.41, 5.74) is 0. The molecule has 0 atom stereocenters. The van der Waals surface area contributed by atoms with Crippen LogP contribution < -0.4 is 0 Å². The molecule has 0 spiro atoms. The van der Waals surface area contributed by atoms with Gasteiger partial charge in [0.2, 0.25) is 9.05 Å². The Labute approximate surface area is 72.4 Å². The van der Waals surface area contributed by atoms with Crippen molar-refractivity contribution in [2.75, 3.05) is 5.75 Å². The molecule has 0 heterocycles. The van der Waals surface area contributed by atoms with Crippen LogP contribution in [0.25, 0.3) is 0 Å². The molecule has 0 aromatic heterocycles. The maximum atomic E-state index is 10.3. The van der Waals surface area contributed by atoms with E-state index in [1.165, 1.54) is 0 Å². The van der Waals surface area contributed by atoms with Crippen LogP contribution >= 0.6 is 10.7 Å². The highest BCUT2D eigenvalue weighted by molar-refractivity contribution is 8.13. The minimum atomic E-state index is -3.22. The third kappa shape index (κ3) is 17.7. The van der Waals surface area contributed by atoms with Crippen molar-refractivity contribution in [3.63, 3.8) is 0 Å². The molecule has 0 aliphatic carbocycles. The zero-order valence-corrected chi connectivity index (χ0v) is 8.03. The van der Waals surface area contributed by atoms with E-state index in [9.17, 15) is 8.42 Å². The average molecular weight is 198 g/mol. The molecule has 0 unspecified atom stereocenters. The molecule has 0 aromatic carbocycles. The second-order valence-electron chi connectivity index (χ2n) is 1.95. The highest BCUT2D eigenvalue weighted by Gasteiger charge is 2.02. The molecule has 66 valence electrons. The maximum Gasteiger partial charge on any atom is 0.232 e. The largest absolute Gasteiger partial charge is 0.232 e. The van der Waals surface area contributed by atoms with Gasteiger partial charge in [-0.15, -0.1) is 0 Å². The number of hydrogen-bond acceptors (Lipinski definition) is 3. The number of halogens is 1. The number of nitrogens with zero attached hydrogens (tertiary/aromatic N) is 1. The van der Waals surface area contributed by atoms with E-state index in [2.05, 4.69) is 6.57 Å². The molecular weight excluding hydrogens is 186 g/mol. The second-order valence-corrected chi connectivity index (χ2v) is 4.85. The van der Waals surface area contributed by atoms with Gasteiger partial charge in [-0.3, -0.25) is 0 Å². The van der Waals surface area contributed by atoms with Crippen LogP contribution in [0.5, 0.6) is 0 Å². The van der Waals surface area contributed by atoms with E-state index in [-0.39, 0.29) is 5.75 Å². The average Bonchev–Trinajstić information content (AvgIpc) is 1.90. The van der Waals surface area contributed by atoms with Gasteiger partial charge in [-0.05, 0) is 6.42 Å². The van der Waals surface area contributed by atoms with Gasteiger partial charge < -0.3 is 0 Å². The molecule has 0 saturated carbocycles. The van der Waals surface area contributed by atoms with Gasteiger partial charge in [0, 0.05) is 17.3 Å². The van der Waals surface area contributed by atoms with Crippen LogP contribution in [0.15, 0.2) is 0 Å². The summed E-state index contributed by atoms with van der Waals surface area (Å²) in [5.74, 6) is 0.113. The van der Waals surface area contributed by atoms with Crippen LogP contribution in [-0.2, 0) is 9.05 Å². The highest BCUT2D eigenvalue weighted by atomic mass is 35.7. The third-order valence-corrected chi connectivity index (χ3v) is 2.23. The minimum Gasteiger partial charge on any atom is -0.212 e. The minimum absolute atomic E-state index is 0.113. The summed E-state index contributed by atoms with van der Waals surface area (Å²) in [6, 6.07) is 0. The zero-order chi connectivity index (χ0) is 9.33. The van der Waals surface area contributed by atoms with Gasteiger partial charge >= 0.3 is 0 Å². The van der Waals surface area contributed by atoms with Crippen LogP contribution in [-0.4, -0.2) is 14.2 Å². The number of unbranched alkanes of at least 4 members (excludes halogenated alkanes) is 2. The molecule has 0 aliphatic rings. The quantitative estimate of drug-likeness (QED) is 0.511. The smallest absolute Gasteiger partial charge is 0.212 e. The van der Waals surface area contributed by atoms with Gasteiger partial charge in [0.15, 0.2) is 0 Å².